The Morgan fingerprint density at radius 2 is 1.50 bits per heavy atom. The lowest BCUT2D eigenvalue weighted by molar-refractivity contribution is -0.117. The molecule has 1 aromatic rings. The molecule has 0 bridgehead atoms. The maximum absolute atomic E-state index is 12.1. The zero-order chi connectivity index (χ0) is 19.0. The molecule has 1 aromatic carbocycles. The summed E-state index contributed by atoms with van der Waals surface area (Å²) in [6.07, 6.45) is 4.60. The predicted octanol–water partition coefficient (Wildman–Crippen LogP) is 0.989. The third kappa shape index (κ3) is 7.94. The van der Waals surface area contributed by atoms with Crippen LogP contribution in [0.5, 0.6) is 0 Å². The zero-order valence-electron chi connectivity index (χ0n) is 15.0. The SMILES string of the molecule is CS(=O)(=O)NCCC(=O)Nc1ccc(NC(=O)CN2CCCCC2)cc1. The van der Waals surface area contributed by atoms with Gasteiger partial charge in [-0.25, -0.2) is 13.1 Å². The third-order valence-electron chi connectivity index (χ3n) is 3.98. The van der Waals surface area contributed by atoms with Crippen LogP contribution in [0.1, 0.15) is 25.7 Å². The zero-order valence-corrected chi connectivity index (χ0v) is 15.8. The fourth-order valence-electron chi connectivity index (χ4n) is 2.73. The van der Waals surface area contributed by atoms with Crippen LogP contribution in [0.25, 0.3) is 0 Å². The van der Waals surface area contributed by atoms with Crippen molar-refractivity contribution in [3.8, 4) is 0 Å². The van der Waals surface area contributed by atoms with E-state index in [1.807, 2.05) is 0 Å². The maximum atomic E-state index is 12.1. The number of carbonyl (C=O) groups is 2. The second kappa shape index (κ2) is 9.65. The largest absolute Gasteiger partial charge is 0.326 e. The van der Waals surface area contributed by atoms with Crippen molar-refractivity contribution in [2.75, 3.05) is 43.1 Å². The number of sulfonamides is 1. The second-order valence-corrected chi connectivity index (χ2v) is 8.26. The molecule has 26 heavy (non-hydrogen) atoms. The normalized spacial score (nSPS) is 15.4. The van der Waals surface area contributed by atoms with E-state index in [9.17, 15) is 18.0 Å². The molecule has 1 aliphatic heterocycles. The van der Waals surface area contributed by atoms with E-state index in [1.54, 1.807) is 24.3 Å². The van der Waals surface area contributed by atoms with E-state index in [2.05, 4.69) is 20.3 Å². The van der Waals surface area contributed by atoms with Gasteiger partial charge in [-0.05, 0) is 50.2 Å². The molecule has 1 aliphatic rings. The van der Waals surface area contributed by atoms with Gasteiger partial charge in [0.1, 0.15) is 0 Å². The molecule has 0 radical (unpaired) electrons. The van der Waals surface area contributed by atoms with E-state index < -0.39 is 10.0 Å². The number of benzene rings is 1. The van der Waals surface area contributed by atoms with Gasteiger partial charge in [-0.3, -0.25) is 14.5 Å². The number of likely N-dealkylation sites (tertiary alicyclic amines) is 1. The molecule has 1 fully saturated rings. The van der Waals surface area contributed by atoms with Gasteiger partial charge < -0.3 is 10.6 Å². The Hall–Kier alpha value is -1.97. The van der Waals surface area contributed by atoms with E-state index >= 15 is 0 Å². The number of hydrogen-bond donors (Lipinski definition) is 3. The van der Waals surface area contributed by atoms with E-state index in [-0.39, 0.29) is 24.8 Å². The summed E-state index contributed by atoms with van der Waals surface area (Å²) in [5.74, 6) is -0.335. The lowest BCUT2D eigenvalue weighted by Crippen LogP contribution is -2.36. The number of hydrogen-bond acceptors (Lipinski definition) is 5. The van der Waals surface area contributed by atoms with Crippen molar-refractivity contribution in [1.82, 2.24) is 9.62 Å². The van der Waals surface area contributed by atoms with Crippen LogP contribution in [-0.2, 0) is 19.6 Å². The molecule has 2 rings (SSSR count). The number of anilines is 2. The molecule has 0 aliphatic carbocycles. The minimum absolute atomic E-state index is 0.0430. The van der Waals surface area contributed by atoms with Gasteiger partial charge in [-0.2, -0.15) is 0 Å². The van der Waals surface area contributed by atoms with Gasteiger partial charge in [0.05, 0.1) is 12.8 Å². The quantitative estimate of drug-likeness (QED) is 0.621. The monoisotopic (exact) mass is 382 g/mol. The fraction of sp³-hybridized carbons (Fsp3) is 0.529. The topological polar surface area (TPSA) is 108 Å². The number of amides is 2. The average molecular weight is 382 g/mol. The van der Waals surface area contributed by atoms with Crippen LogP contribution < -0.4 is 15.4 Å². The molecule has 0 spiro atoms. The molecule has 0 aromatic heterocycles. The molecule has 1 saturated heterocycles. The van der Waals surface area contributed by atoms with Crippen molar-refractivity contribution in [3.05, 3.63) is 24.3 Å². The minimum atomic E-state index is -3.29. The van der Waals surface area contributed by atoms with Gasteiger partial charge in [-0.1, -0.05) is 6.42 Å². The van der Waals surface area contributed by atoms with Crippen LogP contribution >= 0.6 is 0 Å². The molecule has 144 valence electrons. The van der Waals surface area contributed by atoms with Crippen molar-refractivity contribution in [2.45, 2.75) is 25.7 Å². The van der Waals surface area contributed by atoms with Crippen LogP contribution in [-0.4, -0.2) is 57.6 Å². The van der Waals surface area contributed by atoms with Gasteiger partial charge in [0.15, 0.2) is 0 Å². The summed E-state index contributed by atoms with van der Waals surface area (Å²) in [6, 6.07) is 6.83. The first-order valence-corrected chi connectivity index (χ1v) is 10.6. The Labute approximate surface area is 154 Å². The van der Waals surface area contributed by atoms with Crippen molar-refractivity contribution < 1.29 is 18.0 Å². The molecule has 0 saturated carbocycles. The number of carbonyl (C=O) groups excluding carboxylic acids is 2. The van der Waals surface area contributed by atoms with Crippen LogP contribution in [0, 0.1) is 0 Å². The van der Waals surface area contributed by atoms with Gasteiger partial charge in [0.25, 0.3) is 0 Å². The minimum Gasteiger partial charge on any atom is -0.326 e. The Morgan fingerprint density at radius 1 is 0.962 bits per heavy atom. The summed E-state index contributed by atoms with van der Waals surface area (Å²) >= 11 is 0. The molecular formula is C17H26N4O4S. The van der Waals surface area contributed by atoms with Gasteiger partial charge in [0, 0.05) is 24.3 Å². The van der Waals surface area contributed by atoms with Gasteiger partial charge in [-0.15, -0.1) is 0 Å². The highest BCUT2D eigenvalue weighted by atomic mass is 32.2. The molecule has 3 N–H and O–H groups in total. The first-order chi connectivity index (χ1) is 12.3. The lowest BCUT2D eigenvalue weighted by Gasteiger charge is -2.25. The summed E-state index contributed by atoms with van der Waals surface area (Å²) in [7, 11) is -3.29. The van der Waals surface area contributed by atoms with E-state index in [4.69, 9.17) is 0 Å². The maximum Gasteiger partial charge on any atom is 0.238 e. The van der Waals surface area contributed by atoms with E-state index in [0.29, 0.717) is 17.9 Å². The summed E-state index contributed by atoms with van der Waals surface area (Å²) in [5, 5.41) is 5.53. The molecular weight excluding hydrogens is 356 g/mol. The molecule has 0 atom stereocenters. The van der Waals surface area contributed by atoms with Crippen molar-refractivity contribution >= 4 is 33.2 Å². The molecule has 8 nitrogen and oxygen atoms in total. The van der Waals surface area contributed by atoms with E-state index in [0.717, 1.165) is 32.2 Å². The summed E-state index contributed by atoms with van der Waals surface area (Å²) in [5.41, 5.74) is 1.26. The van der Waals surface area contributed by atoms with Gasteiger partial charge in [0.2, 0.25) is 21.8 Å². The Morgan fingerprint density at radius 3 is 2.04 bits per heavy atom. The third-order valence-corrected chi connectivity index (χ3v) is 4.71. The van der Waals surface area contributed by atoms with Crippen LogP contribution in [0.15, 0.2) is 24.3 Å². The first kappa shape index (κ1) is 20.3. The van der Waals surface area contributed by atoms with Gasteiger partial charge >= 0.3 is 0 Å². The van der Waals surface area contributed by atoms with Crippen LogP contribution in [0.3, 0.4) is 0 Å². The Bertz CT molecular complexity index is 713. The Balaban J connectivity index is 1.74. The number of piperidine rings is 1. The van der Waals surface area contributed by atoms with Crippen molar-refractivity contribution in [3.63, 3.8) is 0 Å². The number of rotatable bonds is 8. The van der Waals surface area contributed by atoms with Crippen LogP contribution in [0.2, 0.25) is 0 Å². The first-order valence-electron chi connectivity index (χ1n) is 8.68. The highest BCUT2D eigenvalue weighted by Crippen LogP contribution is 2.14. The predicted molar refractivity (Wildman–Crippen MR) is 101 cm³/mol. The fourth-order valence-corrected chi connectivity index (χ4v) is 3.20. The summed E-state index contributed by atoms with van der Waals surface area (Å²) in [4.78, 5) is 26.0. The van der Waals surface area contributed by atoms with Crippen LogP contribution in [0.4, 0.5) is 11.4 Å². The average Bonchev–Trinajstić information content (AvgIpc) is 2.56. The van der Waals surface area contributed by atoms with Crippen molar-refractivity contribution in [1.29, 1.82) is 0 Å². The highest BCUT2D eigenvalue weighted by Gasteiger charge is 2.14. The molecule has 1 heterocycles. The number of nitrogens with one attached hydrogen (secondary N) is 3. The lowest BCUT2D eigenvalue weighted by atomic mass is 10.1. The van der Waals surface area contributed by atoms with Crippen molar-refractivity contribution in [2.24, 2.45) is 0 Å². The number of nitrogens with zero attached hydrogens (tertiary/aromatic N) is 1. The second-order valence-electron chi connectivity index (χ2n) is 6.43. The molecule has 9 heteroatoms. The Kier molecular flexibility index (Phi) is 7.55. The molecule has 0 unspecified atom stereocenters. The smallest absolute Gasteiger partial charge is 0.238 e. The molecule has 2 amide bonds. The van der Waals surface area contributed by atoms with E-state index in [1.165, 1.54) is 6.42 Å². The summed E-state index contributed by atoms with van der Waals surface area (Å²) < 4.78 is 24.1. The summed E-state index contributed by atoms with van der Waals surface area (Å²) in [6.45, 7) is 2.38. The standard InChI is InChI=1S/C17H26N4O4S/c1-26(24,25)18-10-9-16(22)19-14-5-7-15(8-6-14)20-17(23)13-21-11-3-2-4-12-21/h5-8,18H,2-4,9-13H2,1H3,(H,19,22)(H,20,23). The highest BCUT2D eigenvalue weighted by molar-refractivity contribution is 7.88.